The van der Waals surface area contributed by atoms with Gasteiger partial charge in [0.15, 0.2) is 11.5 Å². The van der Waals surface area contributed by atoms with Crippen molar-refractivity contribution in [2.24, 2.45) is 0 Å². The van der Waals surface area contributed by atoms with Gasteiger partial charge in [-0.25, -0.2) is 14.2 Å². The molecule has 0 bridgehead atoms. The molecule has 1 aromatic carbocycles. The second-order valence-corrected chi connectivity index (χ2v) is 4.02. The van der Waals surface area contributed by atoms with Gasteiger partial charge in [0.2, 0.25) is 0 Å². The van der Waals surface area contributed by atoms with Gasteiger partial charge in [-0.3, -0.25) is 9.36 Å². The van der Waals surface area contributed by atoms with E-state index >= 15 is 0 Å². The van der Waals surface area contributed by atoms with E-state index in [-0.39, 0.29) is 5.69 Å². The molecule has 0 unspecified atom stereocenters. The molecule has 0 fully saturated rings. The number of carboxylic acids is 1. The lowest BCUT2D eigenvalue weighted by molar-refractivity contribution is -0.167. The third kappa shape index (κ3) is 2.90. The topological polar surface area (TPSA) is 84.2 Å². The minimum atomic E-state index is -5.24. The predicted octanol–water partition coefficient (Wildman–Crippen LogP) is 2.21. The van der Waals surface area contributed by atoms with Crippen LogP contribution < -0.4 is 5.32 Å². The molecule has 0 spiro atoms. The highest BCUT2D eigenvalue weighted by Crippen LogP contribution is 2.25. The lowest BCUT2D eigenvalue weighted by Gasteiger charge is -2.12. The standard InChI is InChI=1S/C12H7F4N3O3/c13-6-3-1-2-4-7(6)19-5-17-8(10(20)21)9(19)18-11(22)12(14,15)16/h1-5H,(H,18,22)(H,20,21). The summed E-state index contributed by atoms with van der Waals surface area (Å²) in [5, 5.41) is 10.3. The molecule has 0 aliphatic rings. The molecule has 1 amide bonds. The molecule has 2 N–H and O–H groups in total. The molecule has 116 valence electrons. The number of para-hydroxylation sites is 1. The van der Waals surface area contributed by atoms with Crippen molar-refractivity contribution in [3.8, 4) is 5.69 Å². The van der Waals surface area contributed by atoms with Crippen molar-refractivity contribution in [1.29, 1.82) is 0 Å². The van der Waals surface area contributed by atoms with E-state index in [4.69, 9.17) is 5.11 Å². The molecule has 6 nitrogen and oxygen atoms in total. The number of hydrogen-bond acceptors (Lipinski definition) is 3. The zero-order chi connectivity index (χ0) is 16.5. The first-order valence-corrected chi connectivity index (χ1v) is 5.65. The average molecular weight is 317 g/mol. The number of nitrogens with zero attached hydrogens (tertiary/aromatic N) is 2. The fourth-order valence-electron chi connectivity index (χ4n) is 1.63. The number of benzene rings is 1. The van der Waals surface area contributed by atoms with Gasteiger partial charge in [-0.1, -0.05) is 12.1 Å². The van der Waals surface area contributed by atoms with Gasteiger partial charge in [0.05, 0.1) is 5.69 Å². The molecular formula is C12H7F4N3O3. The molecule has 0 atom stereocenters. The summed E-state index contributed by atoms with van der Waals surface area (Å²) in [6.45, 7) is 0. The zero-order valence-corrected chi connectivity index (χ0v) is 10.6. The van der Waals surface area contributed by atoms with E-state index in [1.807, 2.05) is 0 Å². The SMILES string of the molecule is O=C(O)c1ncn(-c2ccccc2F)c1NC(=O)C(F)(F)F. The lowest BCUT2D eigenvalue weighted by atomic mass is 10.3. The van der Waals surface area contributed by atoms with Crippen molar-refractivity contribution in [2.45, 2.75) is 6.18 Å². The van der Waals surface area contributed by atoms with Gasteiger partial charge in [-0.2, -0.15) is 13.2 Å². The van der Waals surface area contributed by atoms with Crippen LogP contribution in [0.5, 0.6) is 0 Å². The van der Waals surface area contributed by atoms with E-state index < -0.39 is 35.4 Å². The van der Waals surface area contributed by atoms with Crippen LogP contribution in [-0.2, 0) is 4.79 Å². The van der Waals surface area contributed by atoms with Crippen molar-refractivity contribution in [2.75, 3.05) is 5.32 Å². The highest BCUT2D eigenvalue weighted by Gasteiger charge is 2.40. The molecule has 10 heteroatoms. The number of alkyl halides is 3. The highest BCUT2D eigenvalue weighted by atomic mass is 19.4. The molecular weight excluding hydrogens is 310 g/mol. The highest BCUT2D eigenvalue weighted by molar-refractivity contribution is 6.00. The van der Waals surface area contributed by atoms with Gasteiger partial charge >= 0.3 is 18.1 Å². The zero-order valence-electron chi connectivity index (χ0n) is 10.6. The number of carboxylic acid groups (broad SMARTS) is 1. The smallest absolute Gasteiger partial charge is 0.471 e. The Morgan fingerprint density at radius 2 is 1.86 bits per heavy atom. The molecule has 22 heavy (non-hydrogen) atoms. The second kappa shape index (κ2) is 5.47. The van der Waals surface area contributed by atoms with Crippen LogP contribution in [0, 0.1) is 5.82 Å². The van der Waals surface area contributed by atoms with Crippen molar-refractivity contribution < 1.29 is 32.3 Å². The predicted molar refractivity (Wildman–Crippen MR) is 65.2 cm³/mol. The second-order valence-electron chi connectivity index (χ2n) is 4.02. The van der Waals surface area contributed by atoms with Gasteiger partial charge < -0.3 is 10.4 Å². The van der Waals surface area contributed by atoms with E-state index in [0.29, 0.717) is 4.57 Å². The first-order chi connectivity index (χ1) is 10.2. The monoisotopic (exact) mass is 317 g/mol. The summed E-state index contributed by atoms with van der Waals surface area (Å²) in [6, 6.07) is 4.92. The number of hydrogen-bond donors (Lipinski definition) is 2. The average Bonchev–Trinajstić information content (AvgIpc) is 2.82. The summed E-state index contributed by atoms with van der Waals surface area (Å²) in [5.41, 5.74) is -1.11. The summed E-state index contributed by atoms with van der Waals surface area (Å²) in [5.74, 6) is -5.69. The molecule has 1 heterocycles. The van der Waals surface area contributed by atoms with E-state index in [0.717, 1.165) is 12.4 Å². The van der Waals surface area contributed by atoms with Gasteiger partial charge in [-0.05, 0) is 12.1 Å². The first-order valence-electron chi connectivity index (χ1n) is 5.65. The summed E-state index contributed by atoms with van der Waals surface area (Å²) >= 11 is 0. The summed E-state index contributed by atoms with van der Waals surface area (Å²) in [6.07, 6.45) is -4.44. The number of carbonyl (C=O) groups excluding carboxylic acids is 1. The van der Waals surface area contributed by atoms with E-state index in [1.54, 1.807) is 0 Å². The van der Waals surface area contributed by atoms with Crippen LogP contribution in [0.3, 0.4) is 0 Å². The maximum atomic E-state index is 13.7. The third-order valence-electron chi connectivity index (χ3n) is 2.57. The minimum Gasteiger partial charge on any atom is -0.476 e. The summed E-state index contributed by atoms with van der Waals surface area (Å²) in [4.78, 5) is 25.4. The minimum absolute atomic E-state index is 0.264. The van der Waals surface area contributed by atoms with Crippen molar-refractivity contribution >= 4 is 17.7 Å². The number of aromatic nitrogens is 2. The molecule has 0 aliphatic heterocycles. The number of imidazole rings is 1. The molecule has 2 rings (SSSR count). The van der Waals surface area contributed by atoms with Gasteiger partial charge in [0.25, 0.3) is 0 Å². The summed E-state index contributed by atoms with van der Waals surface area (Å²) in [7, 11) is 0. The number of carbonyl (C=O) groups is 2. The van der Waals surface area contributed by atoms with Crippen LogP contribution in [0.1, 0.15) is 10.5 Å². The van der Waals surface area contributed by atoms with Crippen LogP contribution in [0.4, 0.5) is 23.4 Å². The van der Waals surface area contributed by atoms with E-state index in [9.17, 15) is 27.2 Å². The van der Waals surface area contributed by atoms with Gasteiger partial charge in [0.1, 0.15) is 12.1 Å². The fourth-order valence-corrected chi connectivity index (χ4v) is 1.63. The Morgan fingerprint density at radius 1 is 1.23 bits per heavy atom. The number of halogens is 4. The van der Waals surface area contributed by atoms with Crippen molar-refractivity contribution in [1.82, 2.24) is 9.55 Å². The molecule has 0 aliphatic carbocycles. The largest absolute Gasteiger partial charge is 0.476 e. The van der Waals surface area contributed by atoms with Crippen molar-refractivity contribution in [3.05, 3.63) is 42.1 Å². The van der Waals surface area contributed by atoms with Crippen LogP contribution in [0.15, 0.2) is 30.6 Å². The normalized spacial score (nSPS) is 11.3. The van der Waals surface area contributed by atoms with Gasteiger partial charge in [-0.15, -0.1) is 0 Å². The quantitative estimate of drug-likeness (QED) is 0.850. The number of aromatic carboxylic acids is 1. The fraction of sp³-hybridized carbons (Fsp3) is 0.0833. The number of amides is 1. The first kappa shape index (κ1) is 15.5. The van der Waals surface area contributed by atoms with Crippen molar-refractivity contribution in [3.63, 3.8) is 0 Å². The Hall–Kier alpha value is -2.91. The summed E-state index contributed by atoms with van der Waals surface area (Å²) < 4.78 is 51.4. The number of rotatable bonds is 3. The van der Waals surface area contributed by atoms with E-state index in [1.165, 1.54) is 23.5 Å². The van der Waals surface area contributed by atoms with Crippen LogP contribution in [0.25, 0.3) is 5.69 Å². The molecule has 2 aromatic rings. The Bertz CT molecular complexity index is 739. The van der Waals surface area contributed by atoms with Crippen LogP contribution >= 0.6 is 0 Å². The number of nitrogens with one attached hydrogen (secondary N) is 1. The number of anilines is 1. The molecule has 0 saturated heterocycles. The lowest BCUT2D eigenvalue weighted by Crippen LogP contribution is -2.31. The maximum Gasteiger partial charge on any atom is 0.471 e. The Balaban J connectivity index is 2.55. The van der Waals surface area contributed by atoms with E-state index in [2.05, 4.69) is 4.98 Å². The Morgan fingerprint density at radius 3 is 2.41 bits per heavy atom. The Labute approximate surface area is 120 Å². The molecule has 1 aromatic heterocycles. The third-order valence-corrected chi connectivity index (χ3v) is 2.57. The molecule has 0 radical (unpaired) electrons. The molecule has 0 saturated carbocycles. The Kier molecular flexibility index (Phi) is 3.85. The van der Waals surface area contributed by atoms with Crippen LogP contribution in [0.2, 0.25) is 0 Å². The van der Waals surface area contributed by atoms with Gasteiger partial charge in [0, 0.05) is 0 Å². The maximum absolute atomic E-state index is 13.7. The van der Waals surface area contributed by atoms with Crippen LogP contribution in [-0.4, -0.2) is 32.7 Å².